The fourth-order valence-electron chi connectivity index (χ4n) is 1.64. The summed E-state index contributed by atoms with van der Waals surface area (Å²) in [6, 6.07) is 4.23. The summed E-state index contributed by atoms with van der Waals surface area (Å²) in [7, 11) is 0. The summed E-state index contributed by atoms with van der Waals surface area (Å²) in [6.07, 6.45) is 0.832. The number of benzene rings is 1. The second-order valence-corrected chi connectivity index (χ2v) is 4.68. The van der Waals surface area contributed by atoms with Crippen LogP contribution in [0.25, 0.3) is 11.4 Å². The van der Waals surface area contributed by atoms with Crippen LogP contribution in [0.5, 0.6) is 6.01 Å². The number of anilines is 1. The molecule has 0 saturated heterocycles. The van der Waals surface area contributed by atoms with Crippen molar-refractivity contribution < 1.29 is 9.13 Å². The highest BCUT2D eigenvalue weighted by Crippen LogP contribution is 2.27. The molecule has 2 rings (SSSR count). The van der Waals surface area contributed by atoms with E-state index in [2.05, 4.69) is 20.3 Å². The second-order valence-electron chi connectivity index (χ2n) is 4.27. The minimum Gasteiger partial charge on any atom is -0.463 e. The Morgan fingerprint density at radius 3 is 2.76 bits per heavy atom. The standard InChI is InChI=1S/C14H16ClFN4O/c1-3-7-21-14-19-12(18-13(20-14)17-4-2)10-8-9(16)5-6-11(10)15/h5-6,8H,3-4,7H2,1-2H3,(H,17,18,19,20). The zero-order valence-corrected chi connectivity index (χ0v) is 12.6. The van der Waals surface area contributed by atoms with E-state index in [4.69, 9.17) is 16.3 Å². The Labute approximate surface area is 127 Å². The fraction of sp³-hybridized carbons (Fsp3) is 0.357. The first-order chi connectivity index (χ1) is 10.1. The predicted octanol–water partition coefficient (Wildman–Crippen LogP) is 3.55. The van der Waals surface area contributed by atoms with Crippen LogP contribution in [0.15, 0.2) is 18.2 Å². The van der Waals surface area contributed by atoms with Crippen LogP contribution in [0.3, 0.4) is 0 Å². The summed E-state index contributed by atoms with van der Waals surface area (Å²) in [4.78, 5) is 12.6. The quantitative estimate of drug-likeness (QED) is 0.884. The maximum Gasteiger partial charge on any atom is 0.321 e. The average molecular weight is 311 g/mol. The van der Waals surface area contributed by atoms with E-state index in [-0.39, 0.29) is 11.8 Å². The highest BCUT2D eigenvalue weighted by atomic mass is 35.5. The van der Waals surface area contributed by atoms with E-state index in [0.29, 0.717) is 29.7 Å². The van der Waals surface area contributed by atoms with Crippen LogP contribution in [-0.4, -0.2) is 28.1 Å². The van der Waals surface area contributed by atoms with Gasteiger partial charge in [0.15, 0.2) is 5.82 Å². The molecule has 0 aliphatic carbocycles. The van der Waals surface area contributed by atoms with Crippen LogP contribution >= 0.6 is 11.6 Å². The van der Waals surface area contributed by atoms with Gasteiger partial charge in [-0.1, -0.05) is 18.5 Å². The molecule has 7 heteroatoms. The third kappa shape index (κ3) is 4.01. The van der Waals surface area contributed by atoms with E-state index in [1.54, 1.807) is 0 Å². The van der Waals surface area contributed by atoms with E-state index >= 15 is 0 Å². The van der Waals surface area contributed by atoms with E-state index in [0.717, 1.165) is 6.42 Å². The van der Waals surface area contributed by atoms with Crippen molar-refractivity contribution in [2.24, 2.45) is 0 Å². The SMILES string of the molecule is CCCOc1nc(NCC)nc(-c2cc(F)ccc2Cl)n1. The molecule has 0 aliphatic rings. The Morgan fingerprint density at radius 1 is 1.24 bits per heavy atom. The summed E-state index contributed by atoms with van der Waals surface area (Å²) in [5, 5.41) is 3.36. The molecule has 2 aromatic rings. The van der Waals surface area contributed by atoms with E-state index in [1.165, 1.54) is 18.2 Å². The van der Waals surface area contributed by atoms with Crippen molar-refractivity contribution in [3.05, 3.63) is 29.0 Å². The van der Waals surface area contributed by atoms with Gasteiger partial charge in [0.05, 0.1) is 11.6 Å². The molecule has 1 N–H and O–H groups in total. The van der Waals surface area contributed by atoms with Crippen LogP contribution in [0, 0.1) is 5.82 Å². The lowest BCUT2D eigenvalue weighted by atomic mass is 10.2. The molecule has 1 aromatic carbocycles. The molecule has 0 saturated carbocycles. The number of hydrogen-bond acceptors (Lipinski definition) is 5. The van der Waals surface area contributed by atoms with E-state index < -0.39 is 5.82 Å². The Kier molecular flexibility index (Phi) is 5.27. The van der Waals surface area contributed by atoms with Gasteiger partial charge in [0.25, 0.3) is 0 Å². The first-order valence-corrected chi connectivity index (χ1v) is 7.10. The molecule has 0 spiro atoms. The first-order valence-electron chi connectivity index (χ1n) is 6.72. The number of aromatic nitrogens is 3. The lowest BCUT2D eigenvalue weighted by Gasteiger charge is -2.09. The van der Waals surface area contributed by atoms with Gasteiger partial charge in [0.1, 0.15) is 5.82 Å². The zero-order chi connectivity index (χ0) is 15.2. The maximum atomic E-state index is 13.4. The van der Waals surface area contributed by atoms with Crippen molar-refractivity contribution in [2.75, 3.05) is 18.5 Å². The number of nitrogens with zero attached hydrogens (tertiary/aromatic N) is 3. The van der Waals surface area contributed by atoms with Crippen LogP contribution in [0.2, 0.25) is 5.02 Å². The average Bonchev–Trinajstić information content (AvgIpc) is 2.48. The van der Waals surface area contributed by atoms with Gasteiger partial charge in [-0.05, 0) is 31.5 Å². The molecule has 0 atom stereocenters. The number of halogens is 2. The third-order valence-electron chi connectivity index (χ3n) is 2.55. The number of rotatable bonds is 6. The molecule has 21 heavy (non-hydrogen) atoms. The Bertz CT molecular complexity index is 624. The lowest BCUT2D eigenvalue weighted by molar-refractivity contribution is 0.292. The van der Waals surface area contributed by atoms with E-state index in [1.807, 2.05) is 13.8 Å². The van der Waals surface area contributed by atoms with Gasteiger partial charge >= 0.3 is 6.01 Å². The van der Waals surface area contributed by atoms with Crippen LogP contribution in [-0.2, 0) is 0 Å². The molecule has 1 heterocycles. The monoisotopic (exact) mass is 310 g/mol. The maximum absolute atomic E-state index is 13.4. The molecule has 112 valence electrons. The van der Waals surface area contributed by atoms with Gasteiger partial charge in [-0.15, -0.1) is 0 Å². The van der Waals surface area contributed by atoms with Gasteiger partial charge in [-0.25, -0.2) is 4.39 Å². The molecular weight excluding hydrogens is 295 g/mol. The van der Waals surface area contributed by atoms with Crippen molar-refractivity contribution >= 4 is 17.5 Å². The first kappa shape index (κ1) is 15.4. The summed E-state index contributed by atoms with van der Waals surface area (Å²) >= 11 is 6.09. The van der Waals surface area contributed by atoms with Crippen molar-refractivity contribution in [3.8, 4) is 17.4 Å². The largest absolute Gasteiger partial charge is 0.463 e. The number of nitrogens with one attached hydrogen (secondary N) is 1. The molecule has 0 radical (unpaired) electrons. The predicted molar refractivity (Wildman–Crippen MR) is 80.2 cm³/mol. The fourth-order valence-corrected chi connectivity index (χ4v) is 1.84. The minimum atomic E-state index is -0.407. The highest BCUT2D eigenvalue weighted by Gasteiger charge is 2.13. The highest BCUT2D eigenvalue weighted by molar-refractivity contribution is 6.33. The van der Waals surface area contributed by atoms with Crippen molar-refractivity contribution in [2.45, 2.75) is 20.3 Å². The van der Waals surface area contributed by atoms with Crippen molar-refractivity contribution in [1.82, 2.24) is 15.0 Å². The topological polar surface area (TPSA) is 59.9 Å². The van der Waals surface area contributed by atoms with Gasteiger partial charge in [0, 0.05) is 12.1 Å². The smallest absolute Gasteiger partial charge is 0.321 e. The summed E-state index contributed by atoms with van der Waals surface area (Å²) in [6.45, 7) is 5.04. The third-order valence-corrected chi connectivity index (χ3v) is 2.88. The zero-order valence-electron chi connectivity index (χ0n) is 11.9. The summed E-state index contributed by atoms with van der Waals surface area (Å²) in [5.74, 6) is 0.237. The second kappa shape index (κ2) is 7.17. The molecule has 0 unspecified atom stereocenters. The molecule has 0 amide bonds. The van der Waals surface area contributed by atoms with Crippen LogP contribution in [0.1, 0.15) is 20.3 Å². The molecule has 0 bridgehead atoms. The Balaban J connectivity index is 2.45. The van der Waals surface area contributed by atoms with Gasteiger partial charge in [-0.2, -0.15) is 15.0 Å². The minimum absolute atomic E-state index is 0.193. The van der Waals surface area contributed by atoms with Gasteiger partial charge in [0.2, 0.25) is 5.95 Å². The number of ether oxygens (including phenoxy) is 1. The normalized spacial score (nSPS) is 10.5. The Hall–Kier alpha value is -1.95. The summed E-state index contributed by atoms with van der Waals surface area (Å²) < 4.78 is 18.8. The van der Waals surface area contributed by atoms with Crippen LogP contribution < -0.4 is 10.1 Å². The van der Waals surface area contributed by atoms with Crippen LogP contribution in [0.4, 0.5) is 10.3 Å². The van der Waals surface area contributed by atoms with Gasteiger partial charge in [-0.3, -0.25) is 0 Å². The molecule has 1 aromatic heterocycles. The lowest BCUT2D eigenvalue weighted by Crippen LogP contribution is -2.08. The number of hydrogen-bond donors (Lipinski definition) is 1. The molecular formula is C14H16ClFN4O. The molecule has 0 fully saturated rings. The summed E-state index contributed by atoms with van der Waals surface area (Å²) in [5.41, 5.74) is 0.402. The van der Waals surface area contributed by atoms with Crippen molar-refractivity contribution in [3.63, 3.8) is 0 Å². The van der Waals surface area contributed by atoms with Gasteiger partial charge < -0.3 is 10.1 Å². The molecule has 0 aliphatic heterocycles. The molecule has 5 nitrogen and oxygen atoms in total. The van der Waals surface area contributed by atoms with Crippen molar-refractivity contribution in [1.29, 1.82) is 0 Å². The Morgan fingerprint density at radius 2 is 2.05 bits per heavy atom. The van der Waals surface area contributed by atoms with E-state index in [9.17, 15) is 4.39 Å².